The van der Waals surface area contributed by atoms with E-state index in [-0.39, 0.29) is 0 Å². The first-order valence-electron chi connectivity index (χ1n) is 10.7. The Bertz CT molecular complexity index is 1730. The smallest absolute Gasteiger partial charge is 0.0541 e. The fraction of sp³-hybridized carbons (Fsp3) is 0. The Hall–Kier alpha value is -4.10. The molecule has 0 amide bonds. The van der Waals surface area contributed by atoms with E-state index >= 15 is 0 Å². The minimum absolute atomic E-state index is 1.23. The number of hydrogen-bond donors (Lipinski definition) is 0. The van der Waals surface area contributed by atoms with E-state index in [2.05, 4.69) is 120 Å². The zero-order valence-electron chi connectivity index (χ0n) is 16.9. The molecule has 144 valence electrons. The van der Waals surface area contributed by atoms with Crippen molar-refractivity contribution in [3.8, 4) is 5.69 Å². The van der Waals surface area contributed by atoms with Crippen LogP contribution in [0.5, 0.6) is 0 Å². The summed E-state index contributed by atoms with van der Waals surface area (Å²) in [7, 11) is 0. The van der Waals surface area contributed by atoms with E-state index in [4.69, 9.17) is 0 Å². The van der Waals surface area contributed by atoms with Gasteiger partial charge in [-0.05, 0) is 57.3 Å². The van der Waals surface area contributed by atoms with Crippen molar-refractivity contribution >= 4 is 54.1 Å². The van der Waals surface area contributed by atoms with E-state index in [1.807, 2.05) is 0 Å². The van der Waals surface area contributed by atoms with Crippen LogP contribution in [0.25, 0.3) is 59.8 Å². The maximum Gasteiger partial charge on any atom is 0.0541 e. The van der Waals surface area contributed by atoms with Gasteiger partial charge in [-0.15, -0.1) is 0 Å². The monoisotopic (exact) mass is 393 g/mol. The van der Waals surface area contributed by atoms with Crippen molar-refractivity contribution in [3.05, 3.63) is 115 Å². The van der Waals surface area contributed by atoms with Gasteiger partial charge in [0.25, 0.3) is 0 Å². The molecule has 0 spiro atoms. The molecule has 0 saturated heterocycles. The predicted octanol–water partition coefficient (Wildman–Crippen LogP) is 8.24. The summed E-state index contributed by atoms with van der Waals surface area (Å²) in [5, 5.41) is 10.3. The van der Waals surface area contributed by atoms with Gasteiger partial charge in [-0.25, -0.2) is 0 Å². The molecule has 0 aliphatic heterocycles. The molecule has 0 aliphatic carbocycles. The van der Waals surface area contributed by atoms with Gasteiger partial charge in [0.05, 0.1) is 16.7 Å². The van der Waals surface area contributed by atoms with E-state index in [9.17, 15) is 0 Å². The second-order valence-electron chi connectivity index (χ2n) is 8.23. The third-order valence-electron chi connectivity index (χ3n) is 6.54. The van der Waals surface area contributed by atoms with Crippen LogP contribution in [0.4, 0.5) is 0 Å². The van der Waals surface area contributed by atoms with Crippen molar-refractivity contribution in [3.63, 3.8) is 0 Å². The molecule has 0 saturated carbocycles. The summed E-state index contributed by atoms with van der Waals surface area (Å²) in [6.45, 7) is 0. The molecule has 31 heavy (non-hydrogen) atoms. The summed E-state index contributed by atoms with van der Waals surface area (Å²) in [5.74, 6) is 0. The van der Waals surface area contributed by atoms with Crippen molar-refractivity contribution in [1.29, 1.82) is 0 Å². The van der Waals surface area contributed by atoms with Gasteiger partial charge in [-0.3, -0.25) is 0 Å². The summed E-state index contributed by atoms with van der Waals surface area (Å²) in [4.78, 5) is 0. The molecule has 0 N–H and O–H groups in total. The lowest BCUT2D eigenvalue weighted by molar-refractivity contribution is 1.20. The third kappa shape index (κ3) is 2.32. The van der Waals surface area contributed by atoms with Crippen molar-refractivity contribution in [2.75, 3.05) is 0 Å². The molecule has 1 heteroatoms. The van der Waals surface area contributed by atoms with Crippen molar-refractivity contribution in [2.45, 2.75) is 0 Å². The Morgan fingerprint density at radius 2 is 0.903 bits per heavy atom. The molecule has 0 fully saturated rings. The van der Waals surface area contributed by atoms with Crippen LogP contribution < -0.4 is 0 Å². The first kappa shape index (κ1) is 16.7. The number of hydrogen-bond acceptors (Lipinski definition) is 0. The van der Waals surface area contributed by atoms with Gasteiger partial charge < -0.3 is 4.57 Å². The Morgan fingerprint density at radius 3 is 1.68 bits per heavy atom. The number of aromatic nitrogens is 1. The average Bonchev–Trinajstić information content (AvgIpc) is 3.17. The Balaban J connectivity index is 1.64. The Labute approximate surface area is 179 Å². The molecule has 1 nitrogen and oxygen atoms in total. The lowest BCUT2D eigenvalue weighted by Crippen LogP contribution is -1.95. The Kier molecular flexibility index (Phi) is 3.33. The molecular formula is C30H19N. The first-order valence-corrected chi connectivity index (χ1v) is 10.7. The highest BCUT2D eigenvalue weighted by Gasteiger charge is 2.14. The summed E-state index contributed by atoms with van der Waals surface area (Å²) in [5.41, 5.74) is 3.72. The van der Waals surface area contributed by atoms with Crippen LogP contribution in [0.15, 0.2) is 115 Å². The molecule has 0 aliphatic rings. The molecule has 7 aromatic rings. The van der Waals surface area contributed by atoms with E-state index in [0.29, 0.717) is 0 Å². The standard InChI is InChI=1S/C30H19N/c1-2-10-23-20(8-1)16-17-22-19-27-21(18-26(22)23)9-7-15-30(27)31-28-13-5-3-11-24(28)25-12-4-6-14-29(25)31/h1-19H. The SMILES string of the molecule is c1cc(-n2c3ccccc3c3ccccc32)c2cc3ccc4ccccc4c3cc2c1. The predicted molar refractivity (Wildman–Crippen MR) is 133 cm³/mol. The molecule has 0 bridgehead atoms. The zero-order valence-corrected chi connectivity index (χ0v) is 16.9. The molecule has 0 unspecified atom stereocenters. The van der Waals surface area contributed by atoms with Gasteiger partial charge in [-0.1, -0.05) is 84.9 Å². The van der Waals surface area contributed by atoms with Gasteiger partial charge in [0, 0.05) is 16.2 Å². The summed E-state index contributed by atoms with van der Waals surface area (Å²) < 4.78 is 2.42. The maximum atomic E-state index is 2.42. The summed E-state index contributed by atoms with van der Waals surface area (Å²) >= 11 is 0. The first-order chi connectivity index (χ1) is 15.4. The van der Waals surface area contributed by atoms with Crippen LogP contribution in [0.2, 0.25) is 0 Å². The molecule has 1 heterocycles. The van der Waals surface area contributed by atoms with E-state index in [1.165, 1.54) is 59.8 Å². The lowest BCUT2D eigenvalue weighted by atomic mass is 9.97. The number of benzene rings is 6. The zero-order chi connectivity index (χ0) is 20.4. The highest BCUT2D eigenvalue weighted by molar-refractivity contribution is 6.15. The molecule has 0 atom stereocenters. The fourth-order valence-electron chi connectivity index (χ4n) is 5.14. The number of nitrogens with zero attached hydrogens (tertiary/aromatic N) is 1. The van der Waals surface area contributed by atoms with E-state index < -0.39 is 0 Å². The van der Waals surface area contributed by atoms with Crippen LogP contribution in [0.3, 0.4) is 0 Å². The highest BCUT2D eigenvalue weighted by atomic mass is 15.0. The largest absolute Gasteiger partial charge is 0.309 e. The normalized spacial score (nSPS) is 11.9. The van der Waals surface area contributed by atoms with Crippen LogP contribution in [-0.4, -0.2) is 4.57 Å². The van der Waals surface area contributed by atoms with Crippen molar-refractivity contribution < 1.29 is 0 Å². The quantitative estimate of drug-likeness (QED) is 0.195. The van der Waals surface area contributed by atoms with Gasteiger partial charge in [0.2, 0.25) is 0 Å². The summed E-state index contributed by atoms with van der Waals surface area (Å²) in [6, 6.07) is 41.9. The van der Waals surface area contributed by atoms with Crippen molar-refractivity contribution in [1.82, 2.24) is 4.57 Å². The van der Waals surface area contributed by atoms with Crippen molar-refractivity contribution in [2.24, 2.45) is 0 Å². The number of para-hydroxylation sites is 2. The van der Waals surface area contributed by atoms with E-state index in [0.717, 1.165) is 0 Å². The van der Waals surface area contributed by atoms with Crippen LogP contribution in [0, 0.1) is 0 Å². The second kappa shape index (κ2) is 6.20. The molecule has 6 aromatic carbocycles. The lowest BCUT2D eigenvalue weighted by Gasteiger charge is -2.13. The fourth-order valence-corrected chi connectivity index (χ4v) is 5.14. The second-order valence-corrected chi connectivity index (χ2v) is 8.23. The molecule has 0 radical (unpaired) electrons. The van der Waals surface area contributed by atoms with Crippen LogP contribution >= 0.6 is 0 Å². The summed E-state index contributed by atoms with van der Waals surface area (Å²) in [6.07, 6.45) is 0. The minimum atomic E-state index is 1.23. The topological polar surface area (TPSA) is 4.93 Å². The van der Waals surface area contributed by atoms with E-state index in [1.54, 1.807) is 0 Å². The Morgan fingerprint density at radius 1 is 0.355 bits per heavy atom. The van der Waals surface area contributed by atoms with Gasteiger partial charge in [0.15, 0.2) is 0 Å². The third-order valence-corrected chi connectivity index (χ3v) is 6.54. The molecule has 1 aromatic heterocycles. The highest BCUT2D eigenvalue weighted by Crippen LogP contribution is 2.36. The number of rotatable bonds is 1. The van der Waals surface area contributed by atoms with Gasteiger partial charge in [0.1, 0.15) is 0 Å². The average molecular weight is 393 g/mol. The molecular weight excluding hydrogens is 374 g/mol. The molecule has 7 rings (SSSR count). The number of fused-ring (bicyclic) bond motifs is 7. The maximum absolute atomic E-state index is 2.42. The van der Waals surface area contributed by atoms with Gasteiger partial charge >= 0.3 is 0 Å². The van der Waals surface area contributed by atoms with Crippen LogP contribution in [0.1, 0.15) is 0 Å². The minimum Gasteiger partial charge on any atom is -0.309 e. The van der Waals surface area contributed by atoms with Gasteiger partial charge in [-0.2, -0.15) is 0 Å². The van der Waals surface area contributed by atoms with Crippen LogP contribution in [-0.2, 0) is 0 Å².